The summed E-state index contributed by atoms with van der Waals surface area (Å²) in [6, 6.07) is 0. The third kappa shape index (κ3) is 1.86. The van der Waals surface area contributed by atoms with Gasteiger partial charge in [-0.3, -0.25) is 4.79 Å². The van der Waals surface area contributed by atoms with Gasteiger partial charge in [-0.25, -0.2) is 0 Å². The van der Waals surface area contributed by atoms with Crippen molar-refractivity contribution >= 4 is 17.5 Å². The highest BCUT2D eigenvalue weighted by molar-refractivity contribution is 6.24. The summed E-state index contributed by atoms with van der Waals surface area (Å²) in [6.07, 6.45) is 1.36. The van der Waals surface area contributed by atoms with Gasteiger partial charge in [0.2, 0.25) is 5.91 Å². The first kappa shape index (κ1) is 6.87. The normalized spacial score (nSPS) is 36.0. The maximum Gasteiger partial charge on any atom is 0.220 e. The SMILES string of the molecule is CC1(Cl)CCC(=O)NC1. The van der Waals surface area contributed by atoms with E-state index in [2.05, 4.69) is 5.32 Å². The first-order valence-electron chi connectivity index (χ1n) is 3.06. The van der Waals surface area contributed by atoms with E-state index < -0.39 is 0 Å². The highest BCUT2D eigenvalue weighted by atomic mass is 35.5. The van der Waals surface area contributed by atoms with Crippen molar-refractivity contribution in [3.8, 4) is 0 Å². The number of carbonyl (C=O) groups is 1. The van der Waals surface area contributed by atoms with Crippen molar-refractivity contribution in [3.05, 3.63) is 0 Å². The second kappa shape index (κ2) is 2.18. The topological polar surface area (TPSA) is 29.1 Å². The van der Waals surface area contributed by atoms with E-state index in [1.165, 1.54) is 0 Å². The highest BCUT2D eigenvalue weighted by Crippen LogP contribution is 2.22. The van der Waals surface area contributed by atoms with E-state index in [-0.39, 0.29) is 10.8 Å². The Morgan fingerprint density at radius 3 is 2.78 bits per heavy atom. The van der Waals surface area contributed by atoms with E-state index in [0.29, 0.717) is 13.0 Å². The standard InChI is InChI=1S/C6H10ClNO/c1-6(7)3-2-5(9)8-4-6/h2-4H2,1H3,(H,8,9). The van der Waals surface area contributed by atoms with Crippen LogP contribution in [0.5, 0.6) is 0 Å². The van der Waals surface area contributed by atoms with Crippen molar-refractivity contribution in [2.24, 2.45) is 0 Å². The Labute approximate surface area is 59.6 Å². The highest BCUT2D eigenvalue weighted by Gasteiger charge is 2.26. The van der Waals surface area contributed by atoms with Crippen LogP contribution < -0.4 is 5.32 Å². The fraction of sp³-hybridized carbons (Fsp3) is 0.833. The first-order valence-corrected chi connectivity index (χ1v) is 3.44. The van der Waals surface area contributed by atoms with Crippen LogP contribution >= 0.6 is 11.6 Å². The van der Waals surface area contributed by atoms with Crippen molar-refractivity contribution in [2.45, 2.75) is 24.6 Å². The number of piperidine rings is 1. The Bertz CT molecular complexity index is 121. The minimum Gasteiger partial charge on any atom is -0.354 e. The molecule has 1 aliphatic heterocycles. The summed E-state index contributed by atoms with van der Waals surface area (Å²) in [5.74, 6) is 0.119. The molecule has 2 nitrogen and oxygen atoms in total. The number of hydrogen-bond acceptors (Lipinski definition) is 1. The molecular formula is C6H10ClNO. The van der Waals surface area contributed by atoms with Gasteiger partial charge in [-0.15, -0.1) is 11.6 Å². The molecule has 1 heterocycles. The zero-order valence-corrected chi connectivity index (χ0v) is 6.16. The van der Waals surface area contributed by atoms with E-state index in [0.717, 1.165) is 6.42 Å². The lowest BCUT2D eigenvalue weighted by Gasteiger charge is -2.26. The van der Waals surface area contributed by atoms with Crippen LogP contribution in [-0.4, -0.2) is 17.3 Å². The maximum atomic E-state index is 10.6. The van der Waals surface area contributed by atoms with Crippen LogP contribution in [0.3, 0.4) is 0 Å². The molecule has 1 rings (SSSR count). The summed E-state index contributed by atoms with van der Waals surface area (Å²) < 4.78 is 0. The molecule has 3 heteroatoms. The van der Waals surface area contributed by atoms with Gasteiger partial charge in [0.15, 0.2) is 0 Å². The number of nitrogens with one attached hydrogen (secondary N) is 1. The molecular weight excluding hydrogens is 138 g/mol. The van der Waals surface area contributed by atoms with Crippen molar-refractivity contribution < 1.29 is 4.79 Å². The molecule has 1 fully saturated rings. The molecule has 0 bridgehead atoms. The molecule has 1 unspecified atom stereocenters. The lowest BCUT2D eigenvalue weighted by Crippen LogP contribution is -2.42. The van der Waals surface area contributed by atoms with E-state index in [9.17, 15) is 4.79 Å². The second-order valence-corrected chi connectivity index (χ2v) is 3.60. The van der Waals surface area contributed by atoms with Crippen LogP contribution in [-0.2, 0) is 4.79 Å². The lowest BCUT2D eigenvalue weighted by molar-refractivity contribution is -0.122. The van der Waals surface area contributed by atoms with Crippen molar-refractivity contribution in [2.75, 3.05) is 6.54 Å². The number of amides is 1. The number of hydrogen-bond donors (Lipinski definition) is 1. The largest absolute Gasteiger partial charge is 0.354 e. The molecule has 1 amide bonds. The number of carbonyl (C=O) groups excluding carboxylic acids is 1. The summed E-state index contributed by atoms with van der Waals surface area (Å²) in [5.41, 5.74) is 0. The molecule has 1 N–H and O–H groups in total. The van der Waals surface area contributed by atoms with Crippen molar-refractivity contribution in [3.63, 3.8) is 0 Å². The molecule has 0 spiro atoms. The Balaban J connectivity index is 2.44. The van der Waals surface area contributed by atoms with Gasteiger partial charge in [-0.05, 0) is 13.3 Å². The number of alkyl halides is 1. The minimum atomic E-state index is -0.200. The molecule has 1 aliphatic rings. The van der Waals surface area contributed by atoms with Crippen LogP contribution in [0, 0.1) is 0 Å². The third-order valence-corrected chi connectivity index (χ3v) is 1.85. The van der Waals surface area contributed by atoms with Gasteiger partial charge in [-0.1, -0.05) is 0 Å². The molecule has 0 aromatic carbocycles. The van der Waals surface area contributed by atoms with Gasteiger partial charge in [0, 0.05) is 13.0 Å². The van der Waals surface area contributed by atoms with Gasteiger partial charge in [-0.2, -0.15) is 0 Å². The maximum absolute atomic E-state index is 10.6. The molecule has 0 saturated carbocycles. The summed E-state index contributed by atoms with van der Waals surface area (Å²) in [6.45, 7) is 2.54. The summed E-state index contributed by atoms with van der Waals surface area (Å²) in [4.78, 5) is 10.4. The number of rotatable bonds is 0. The summed E-state index contributed by atoms with van der Waals surface area (Å²) >= 11 is 5.92. The zero-order chi connectivity index (χ0) is 6.91. The first-order chi connectivity index (χ1) is 4.10. The Morgan fingerprint density at radius 2 is 2.44 bits per heavy atom. The number of halogens is 1. The van der Waals surface area contributed by atoms with Gasteiger partial charge in [0.05, 0.1) is 4.87 Å². The molecule has 52 valence electrons. The Kier molecular flexibility index (Phi) is 1.66. The molecule has 0 aromatic rings. The average molecular weight is 148 g/mol. The summed E-state index contributed by atoms with van der Waals surface area (Å²) in [5, 5.41) is 2.70. The predicted molar refractivity (Wildman–Crippen MR) is 36.5 cm³/mol. The fourth-order valence-electron chi connectivity index (χ4n) is 0.834. The molecule has 9 heavy (non-hydrogen) atoms. The van der Waals surface area contributed by atoms with Gasteiger partial charge in [0.1, 0.15) is 0 Å². The van der Waals surface area contributed by atoms with Crippen LogP contribution in [0.25, 0.3) is 0 Å². The average Bonchev–Trinajstić information content (AvgIpc) is 1.78. The van der Waals surface area contributed by atoms with Crippen LogP contribution in [0.4, 0.5) is 0 Å². The lowest BCUT2D eigenvalue weighted by atomic mass is 10.0. The van der Waals surface area contributed by atoms with Crippen LogP contribution in [0.1, 0.15) is 19.8 Å². The van der Waals surface area contributed by atoms with Crippen molar-refractivity contribution in [1.29, 1.82) is 0 Å². The predicted octanol–water partition coefficient (Wildman–Crippen LogP) is 0.894. The van der Waals surface area contributed by atoms with E-state index in [1.54, 1.807) is 0 Å². The van der Waals surface area contributed by atoms with Gasteiger partial charge < -0.3 is 5.32 Å². The fourth-order valence-corrected chi connectivity index (χ4v) is 0.995. The van der Waals surface area contributed by atoms with E-state index >= 15 is 0 Å². The van der Waals surface area contributed by atoms with Crippen molar-refractivity contribution in [1.82, 2.24) is 5.32 Å². The molecule has 0 aliphatic carbocycles. The van der Waals surface area contributed by atoms with Gasteiger partial charge >= 0.3 is 0 Å². The molecule has 0 aromatic heterocycles. The molecule has 1 saturated heterocycles. The second-order valence-electron chi connectivity index (χ2n) is 2.69. The van der Waals surface area contributed by atoms with E-state index in [4.69, 9.17) is 11.6 Å². The van der Waals surface area contributed by atoms with Crippen LogP contribution in [0.2, 0.25) is 0 Å². The quantitative estimate of drug-likeness (QED) is 0.507. The molecule has 0 radical (unpaired) electrons. The third-order valence-electron chi connectivity index (χ3n) is 1.53. The Hall–Kier alpha value is -0.240. The monoisotopic (exact) mass is 147 g/mol. The van der Waals surface area contributed by atoms with Gasteiger partial charge in [0.25, 0.3) is 0 Å². The zero-order valence-electron chi connectivity index (χ0n) is 5.41. The molecule has 1 atom stereocenters. The van der Waals surface area contributed by atoms with E-state index in [1.807, 2.05) is 6.92 Å². The minimum absolute atomic E-state index is 0.119. The van der Waals surface area contributed by atoms with Crippen LogP contribution in [0.15, 0.2) is 0 Å². The summed E-state index contributed by atoms with van der Waals surface area (Å²) in [7, 11) is 0. The smallest absolute Gasteiger partial charge is 0.220 e. The Morgan fingerprint density at radius 1 is 1.78 bits per heavy atom.